The van der Waals surface area contributed by atoms with Gasteiger partial charge < -0.3 is 9.32 Å². The molecule has 0 saturated heterocycles. The summed E-state index contributed by atoms with van der Waals surface area (Å²) in [5.74, 6) is -0.140. The van der Waals surface area contributed by atoms with Crippen molar-refractivity contribution >= 4 is 16.9 Å². The Bertz CT molecular complexity index is 1330. The van der Waals surface area contributed by atoms with Gasteiger partial charge >= 0.3 is 0 Å². The number of pyridine rings is 1. The monoisotopic (exact) mass is 396 g/mol. The molecule has 0 fully saturated rings. The van der Waals surface area contributed by atoms with Crippen LogP contribution in [0.2, 0.25) is 0 Å². The number of fused-ring (bicyclic) bond motifs is 2. The summed E-state index contributed by atoms with van der Waals surface area (Å²) in [5.41, 5.74) is 4.35. The van der Waals surface area contributed by atoms with Crippen molar-refractivity contribution in [3.8, 4) is 0 Å². The lowest BCUT2D eigenvalue weighted by Crippen LogP contribution is -2.29. The summed E-state index contributed by atoms with van der Waals surface area (Å²) in [5, 5.41) is 0.517. The molecule has 0 unspecified atom stereocenters. The van der Waals surface area contributed by atoms with Gasteiger partial charge in [0, 0.05) is 18.9 Å². The Labute approximate surface area is 173 Å². The molecule has 0 saturated carbocycles. The van der Waals surface area contributed by atoms with Crippen LogP contribution in [0.4, 0.5) is 0 Å². The van der Waals surface area contributed by atoms with Crippen LogP contribution < -0.4 is 5.43 Å². The lowest BCUT2D eigenvalue weighted by atomic mass is 9.97. The maximum atomic E-state index is 13.6. The van der Waals surface area contributed by atoms with Crippen molar-refractivity contribution in [1.29, 1.82) is 0 Å². The summed E-state index contributed by atoms with van der Waals surface area (Å²) in [6, 6.07) is 16.7. The molecule has 5 nitrogen and oxygen atoms in total. The van der Waals surface area contributed by atoms with Gasteiger partial charge in [-0.25, -0.2) is 0 Å². The van der Waals surface area contributed by atoms with Crippen molar-refractivity contribution in [3.63, 3.8) is 0 Å². The van der Waals surface area contributed by atoms with E-state index in [4.69, 9.17) is 4.42 Å². The SMILES string of the molecule is Cc1cc(C)c2oc3c(c(=O)c2c1)[C@@H](c1ccccc1)N(Cc1cccnc1)C3=O. The van der Waals surface area contributed by atoms with Crippen LogP contribution in [-0.2, 0) is 6.54 Å². The summed E-state index contributed by atoms with van der Waals surface area (Å²) < 4.78 is 6.10. The summed E-state index contributed by atoms with van der Waals surface area (Å²) in [7, 11) is 0. The molecule has 4 aromatic rings. The number of aryl methyl sites for hydroxylation is 2. The van der Waals surface area contributed by atoms with Gasteiger partial charge in [-0.2, -0.15) is 0 Å². The van der Waals surface area contributed by atoms with Gasteiger partial charge in [0.1, 0.15) is 5.58 Å². The number of hydrogen-bond donors (Lipinski definition) is 0. The topological polar surface area (TPSA) is 63.4 Å². The average molecular weight is 396 g/mol. The standard InChI is InChI=1S/C25H20N2O3/c1-15-11-16(2)23-19(12-15)22(28)20-21(18-8-4-3-5-9-18)27(25(29)24(20)30-23)14-17-7-6-10-26-13-17/h3-13,21H,14H2,1-2H3/t21-/m1/s1. The van der Waals surface area contributed by atoms with Crippen molar-refractivity contribution in [2.75, 3.05) is 0 Å². The number of nitrogens with zero attached hydrogens (tertiary/aromatic N) is 2. The molecule has 30 heavy (non-hydrogen) atoms. The number of carbonyl (C=O) groups excluding carboxylic acids is 1. The molecular formula is C25H20N2O3. The van der Waals surface area contributed by atoms with Crippen molar-refractivity contribution in [3.05, 3.63) is 111 Å². The van der Waals surface area contributed by atoms with Gasteiger partial charge in [0.15, 0.2) is 5.43 Å². The molecule has 148 valence electrons. The van der Waals surface area contributed by atoms with E-state index in [1.165, 1.54) is 0 Å². The maximum Gasteiger partial charge on any atom is 0.291 e. The third kappa shape index (κ3) is 2.82. The first kappa shape index (κ1) is 18.3. The number of rotatable bonds is 3. The van der Waals surface area contributed by atoms with Gasteiger partial charge in [-0.3, -0.25) is 14.6 Å². The molecule has 1 atom stereocenters. The lowest BCUT2D eigenvalue weighted by Gasteiger charge is -2.25. The fourth-order valence-electron chi connectivity index (χ4n) is 4.31. The highest BCUT2D eigenvalue weighted by molar-refractivity contribution is 5.99. The Morgan fingerprint density at radius 2 is 1.83 bits per heavy atom. The Kier molecular flexibility index (Phi) is 4.24. The molecule has 0 N–H and O–H groups in total. The summed E-state index contributed by atoms with van der Waals surface area (Å²) in [4.78, 5) is 32.9. The van der Waals surface area contributed by atoms with Gasteiger partial charge in [-0.05, 0) is 48.2 Å². The first-order valence-electron chi connectivity index (χ1n) is 9.87. The second kappa shape index (κ2) is 6.95. The number of aromatic nitrogens is 1. The quantitative estimate of drug-likeness (QED) is 0.510. The van der Waals surface area contributed by atoms with E-state index in [-0.39, 0.29) is 17.1 Å². The second-order valence-corrected chi connectivity index (χ2v) is 7.74. The second-order valence-electron chi connectivity index (χ2n) is 7.74. The van der Waals surface area contributed by atoms with Gasteiger partial charge in [-0.15, -0.1) is 0 Å². The summed E-state index contributed by atoms with van der Waals surface area (Å²) >= 11 is 0. The number of hydrogen-bond acceptors (Lipinski definition) is 4. The van der Waals surface area contributed by atoms with Crippen molar-refractivity contribution in [2.45, 2.75) is 26.4 Å². The van der Waals surface area contributed by atoms with Crippen LogP contribution in [0.15, 0.2) is 76.2 Å². The smallest absolute Gasteiger partial charge is 0.291 e. The zero-order valence-electron chi connectivity index (χ0n) is 16.8. The first-order valence-corrected chi connectivity index (χ1v) is 9.87. The summed E-state index contributed by atoms with van der Waals surface area (Å²) in [6.45, 7) is 4.18. The van der Waals surface area contributed by atoms with Crippen LogP contribution in [0, 0.1) is 13.8 Å². The molecule has 3 heterocycles. The van der Waals surface area contributed by atoms with Crippen LogP contribution >= 0.6 is 0 Å². The van der Waals surface area contributed by atoms with Gasteiger partial charge in [0.2, 0.25) is 5.76 Å². The molecule has 0 aliphatic carbocycles. The molecule has 2 aromatic carbocycles. The predicted molar refractivity (Wildman–Crippen MR) is 114 cm³/mol. The molecule has 5 heteroatoms. The molecule has 1 amide bonds. The normalized spacial score (nSPS) is 15.6. The average Bonchev–Trinajstić information content (AvgIpc) is 3.02. The molecule has 2 aromatic heterocycles. The zero-order valence-corrected chi connectivity index (χ0v) is 16.8. The molecular weight excluding hydrogens is 376 g/mol. The van der Waals surface area contributed by atoms with Gasteiger partial charge in [-0.1, -0.05) is 42.5 Å². The highest BCUT2D eigenvalue weighted by atomic mass is 16.3. The highest BCUT2D eigenvalue weighted by Gasteiger charge is 2.42. The Hall–Kier alpha value is -3.73. The van der Waals surface area contributed by atoms with E-state index in [0.717, 1.165) is 22.3 Å². The zero-order chi connectivity index (χ0) is 20.8. The maximum absolute atomic E-state index is 13.6. The molecule has 0 spiro atoms. The van der Waals surface area contributed by atoms with Crippen LogP contribution in [0.5, 0.6) is 0 Å². The van der Waals surface area contributed by atoms with Crippen molar-refractivity contribution in [2.24, 2.45) is 0 Å². The molecule has 1 aliphatic rings. The van der Waals surface area contributed by atoms with E-state index in [9.17, 15) is 9.59 Å². The van der Waals surface area contributed by atoms with E-state index in [2.05, 4.69) is 4.98 Å². The van der Waals surface area contributed by atoms with E-state index >= 15 is 0 Å². The van der Waals surface area contributed by atoms with Crippen LogP contribution in [-0.4, -0.2) is 15.8 Å². The van der Waals surface area contributed by atoms with Crippen LogP contribution in [0.1, 0.15) is 44.4 Å². The number of carbonyl (C=O) groups is 1. The minimum absolute atomic E-state index is 0.136. The van der Waals surface area contributed by atoms with Crippen molar-refractivity contribution in [1.82, 2.24) is 9.88 Å². The Balaban J connectivity index is 1.76. The number of benzene rings is 2. The lowest BCUT2D eigenvalue weighted by molar-refractivity contribution is 0.0714. The Morgan fingerprint density at radius 1 is 1.03 bits per heavy atom. The van der Waals surface area contributed by atoms with E-state index in [1.54, 1.807) is 17.3 Å². The van der Waals surface area contributed by atoms with Crippen LogP contribution in [0.3, 0.4) is 0 Å². The van der Waals surface area contributed by atoms with Crippen LogP contribution in [0.25, 0.3) is 11.0 Å². The number of amides is 1. The fraction of sp³-hybridized carbons (Fsp3) is 0.160. The molecule has 1 aliphatic heterocycles. The third-order valence-corrected chi connectivity index (χ3v) is 5.59. The molecule has 0 bridgehead atoms. The molecule has 5 rings (SSSR count). The predicted octanol–water partition coefficient (Wildman–Crippen LogP) is 4.55. The first-order chi connectivity index (χ1) is 14.5. The van der Waals surface area contributed by atoms with E-state index in [0.29, 0.717) is 23.1 Å². The summed E-state index contributed by atoms with van der Waals surface area (Å²) in [6.07, 6.45) is 3.43. The third-order valence-electron chi connectivity index (χ3n) is 5.59. The van der Waals surface area contributed by atoms with Gasteiger partial charge in [0.05, 0.1) is 17.0 Å². The highest BCUT2D eigenvalue weighted by Crippen LogP contribution is 2.39. The van der Waals surface area contributed by atoms with E-state index in [1.807, 2.05) is 68.4 Å². The minimum atomic E-state index is -0.504. The minimum Gasteiger partial charge on any atom is -0.450 e. The van der Waals surface area contributed by atoms with E-state index < -0.39 is 6.04 Å². The molecule has 0 radical (unpaired) electrons. The van der Waals surface area contributed by atoms with Crippen molar-refractivity contribution < 1.29 is 9.21 Å². The van der Waals surface area contributed by atoms with Gasteiger partial charge in [0.25, 0.3) is 5.91 Å². The largest absolute Gasteiger partial charge is 0.450 e. The fourth-order valence-corrected chi connectivity index (χ4v) is 4.31. The Morgan fingerprint density at radius 3 is 2.57 bits per heavy atom.